The fourth-order valence-electron chi connectivity index (χ4n) is 2.16. The molecule has 0 aliphatic rings. The van der Waals surface area contributed by atoms with Crippen LogP contribution in [0.3, 0.4) is 0 Å². The van der Waals surface area contributed by atoms with Gasteiger partial charge in [-0.2, -0.15) is 5.10 Å². The molecule has 3 aromatic heterocycles. The summed E-state index contributed by atoms with van der Waals surface area (Å²) >= 11 is 1.67. The first-order valence-corrected chi connectivity index (χ1v) is 7.88. The molecule has 0 atom stereocenters. The first-order chi connectivity index (χ1) is 10.7. The molecule has 1 amide bonds. The van der Waals surface area contributed by atoms with Crippen molar-refractivity contribution in [3.8, 4) is 10.6 Å². The second-order valence-corrected chi connectivity index (χ2v) is 5.81. The summed E-state index contributed by atoms with van der Waals surface area (Å²) in [7, 11) is 0. The van der Waals surface area contributed by atoms with E-state index < -0.39 is 0 Å². The molecule has 0 spiro atoms. The van der Waals surface area contributed by atoms with Gasteiger partial charge < -0.3 is 5.32 Å². The van der Waals surface area contributed by atoms with Crippen molar-refractivity contribution in [1.82, 2.24) is 20.1 Å². The van der Waals surface area contributed by atoms with Gasteiger partial charge in [0.25, 0.3) is 5.91 Å². The maximum atomic E-state index is 11.9. The van der Waals surface area contributed by atoms with Gasteiger partial charge in [-0.15, -0.1) is 11.3 Å². The van der Waals surface area contributed by atoms with E-state index in [1.54, 1.807) is 35.9 Å². The van der Waals surface area contributed by atoms with Gasteiger partial charge in [-0.3, -0.25) is 14.5 Å². The lowest BCUT2D eigenvalue weighted by atomic mass is 10.2. The first-order valence-electron chi connectivity index (χ1n) is 7.00. The van der Waals surface area contributed by atoms with E-state index in [1.807, 2.05) is 23.1 Å². The number of carbonyl (C=O) groups excluding carboxylic acids is 1. The molecule has 0 unspecified atom stereocenters. The summed E-state index contributed by atoms with van der Waals surface area (Å²) in [4.78, 5) is 17.0. The van der Waals surface area contributed by atoms with Gasteiger partial charge in [0.15, 0.2) is 0 Å². The molecule has 0 saturated carbocycles. The standard InChI is InChI=1S/C16H16N4OS/c1-12-11-14(15-3-2-10-22-15)19-20(12)9-8-18-16(21)13-4-6-17-7-5-13/h2-7,10-11H,8-9H2,1H3,(H,18,21). The van der Waals surface area contributed by atoms with Gasteiger partial charge in [0.05, 0.1) is 11.4 Å². The Kier molecular flexibility index (Phi) is 4.29. The molecule has 3 heterocycles. The average Bonchev–Trinajstić information content (AvgIpc) is 3.18. The molecule has 0 fully saturated rings. The predicted octanol–water partition coefficient (Wildman–Crippen LogP) is 2.75. The quantitative estimate of drug-likeness (QED) is 0.788. The van der Waals surface area contributed by atoms with Gasteiger partial charge in [0.2, 0.25) is 0 Å². The SMILES string of the molecule is Cc1cc(-c2cccs2)nn1CCNC(=O)c1ccncc1. The summed E-state index contributed by atoms with van der Waals surface area (Å²) in [6, 6.07) is 9.54. The van der Waals surface area contributed by atoms with Crippen LogP contribution in [0.4, 0.5) is 0 Å². The lowest BCUT2D eigenvalue weighted by Gasteiger charge is -2.06. The van der Waals surface area contributed by atoms with Crippen LogP contribution in [0, 0.1) is 6.92 Å². The molecule has 0 saturated heterocycles. The van der Waals surface area contributed by atoms with E-state index in [4.69, 9.17) is 0 Å². The zero-order chi connectivity index (χ0) is 15.4. The molecule has 112 valence electrons. The lowest BCUT2D eigenvalue weighted by Crippen LogP contribution is -2.27. The smallest absolute Gasteiger partial charge is 0.251 e. The van der Waals surface area contributed by atoms with E-state index in [9.17, 15) is 4.79 Å². The zero-order valence-electron chi connectivity index (χ0n) is 12.2. The number of pyridine rings is 1. The van der Waals surface area contributed by atoms with Crippen LogP contribution in [0.25, 0.3) is 10.6 Å². The largest absolute Gasteiger partial charge is 0.350 e. The van der Waals surface area contributed by atoms with Crippen LogP contribution in [0.5, 0.6) is 0 Å². The van der Waals surface area contributed by atoms with Crippen LogP contribution in [-0.2, 0) is 6.54 Å². The summed E-state index contributed by atoms with van der Waals surface area (Å²) < 4.78 is 1.92. The molecular formula is C16H16N4OS. The molecule has 5 nitrogen and oxygen atoms in total. The van der Waals surface area contributed by atoms with Crippen LogP contribution in [0.15, 0.2) is 48.1 Å². The monoisotopic (exact) mass is 312 g/mol. The number of amides is 1. The molecule has 3 rings (SSSR count). The summed E-state index contributed by atoms with van der Waals surface area (Å²) in [5.41, 5.74) is 2.68. The van der Waals surface area contributed by atoms with E-state index in [0.29, 0.717) is 18.7 Å². The van der Waals surface area contributed by atoms with Crippen LogP contribution < -0.4 is 5.32 Å². The molecule has 0 radical (unpaired) electrons. The minimum atomic E-state index is -0.0920. The third kappa shape index (κ3) is 3.23. The number of hydrogen-bond donors (Lipinski definition) is 1. The van der Waals surface area contributed by atoms with Crippen molar-refractivity contribution >= 4 is 17.2 Å². The zero-order valence-corrected chi connectivity index (χ0v) is 13.0. The normalized spacial score (nSPS) is 10.6. The topological polar surface area (TPSA) is 59.8 Å². The van der Waals surface area contributed by atoms with Crippen molar-refractivity contribution in [2.24, 2.45) is 0 Å². The number of thiophene rings is 1. The average molecular weight is 312 g/mol. The number of aryl methyl sites for hydroxylation is 1. The molecule has 0 aliphatic carbocycles. The molecular weight excluding hydrogens is 296 g/mol. The first kappa shape index (κ1) is 14.5. The Labute approximate surface area is 132 Å². The Hall–Kier alpha value is -2.47. The third-order valence-electron chi connectivity index (χ3n) is 3.31. The van der Waals surface area contributed by atoms with Crippen molar-refractivity contribution < 1.29 is 4.79 Å². The fourth-order valence-corrected chi connectivity index (χ4v) is 2.84. The number of hydrogen-bond acceptors (Lipinski definition) is 4. The van der Waals surface area contributed by atoms with Crippen LogP contribution in [0.2, 0.25) is 0 Å². The highest BCUT2D eigenvalue weighted by Crippen LogP contribution is 2.23. The minimum Gasteiger partial charge on any atom is -0.350 e. The van der Waals surface area contributed by atoms with E-state index >= 15 is 0 Å². The number of nitrogens with one attached hydrogen (secondary N) is 1. The van der Waals surface area contributed by atoms with Crippen molar-refractivity contribution in [3.63, 3.8) is 0 Å². The highest BCUT2D eigenvalue weighted by molar-refractivity contribution is 7.13. The highest BCUT2D eigenvalue weighted by Gasteiger charge is 2.08. The van der Waals surface area contributed by atoms with E-state index in [0.717, 1.165) is 16.3 Å². The third-order valence-corrected chi connectivity index (χ3v) is 4.20. The molecule has 0 aromatic carbocycles. The number of carbonyl (C=O) groups is 1. The van der Waals surface area contributed by atoms with Crippen molar-refractivity contribution in [1.29, 1.82) is 0 Å². The summed E-state index contributed by atoms with van der Waals surface area (Å²) in [5.74, 6) is -0.0920. The molecule has 22 heavy (non-hydrogen) atoms. The van der Waals surface area contributed by atoms with E-state index in [1.165, 1.54) is 0 Å². The maximum absolute atomic E-state index is 11.9. The Bertz CT molecular complexity index is 750. The maximum Gasteiger partial charge on any atom is 0.251 e. The van der Waals surface area contributed by atoms with Crippen LogP contribution >= 0.6 is 11.3 Å². The molecule has 3 aromatic rings. The summed E-state index contributed by atoms with van der Waals surface area (Å²) in [6.45, 7) is 3.20. The van der Waals surface area contributed by atoms with Crippen LogP contribution in [0.1, 0.15) is 16.1 Å². The van der Waals surface area contributed by atoms with Gasteiger partial charge >= 0.3 is 0 Å². The Morgan fingerprint density at radius 2 is 2.14 bits per heavy atom. The lowest BCUT2D eigenvalue weighted by molar-refractivity contribution is 0.0951. The second kappa shape index (κ2) is 6.53. The fraction of sp³-hybridized carbons (Fsp3) is 0.188. The Balaban J connectivity index is 1.59. The Morgan fingerprint density at radius 1 is 1.32 bits per heavy atom. The molecule has 0 aliphatic heterocycles. The molecule has 1 N–H and O–H groups in total. The molecule has 0 bridgehead atoms. The number of rotatable bonds is 5. The van der Waals surface area contributed by atoms with Crippen LogP contribution in [-0.4, -0.2) is 27.2 Å². The van der Waals surface area contributed by atoms with Gasteiger partial charge in [0, 0.05) is 30.2 Å². The summed E-state index contributed by atoms with van der Waals surface area (Å²) in [6.07, 6.45) is 3.22. The highest BCUT2D eigenvalue weighted by atomic mass is 32.1. The number of aromatic nitrogens is 3. The van der Waals surface area contributed by atoms with Crippen molar-refractivity contribution in [2.75, 3.05) is 6.54 Å². The Morgan fingerprint density at radius 3 is 2.86 bits per heavy atom. The molecule has 6 heteroatoms. The minimum absolute atomic E-state index is 0.0920. The van der Waals surface area contributed by atoms with Gasteiger partial charge in [-0.05, 0) is 36.6 Å². The van der Waals surface area contributed by atoms with Gasteiger partial charge in [0.1, 0.15) is 5.69 Å². The van der Waals surface area contributed by atoms with Gasteiger partial charge in [-0.25, -0.2) is 0 Å². The summed E-state index contributed by atoms with van der Waals surface area (Å²) in [5, 5.41) is 9.52. The van der Waals surface area contributed by atoms with Crippen molar-refractivity contribution in [2.45, 2.75) is 13.5 Å². The second-order valence-electron chi connectivity index (χ2n) is 4.86. The van der Waals surface area contributed by atoms with Crippen molar-refractivity contribution in [3.05, 3.63) is 59.4 Å². The predicted molar refractivity (Wildman–Crippen MR) is 86.8 cm³/mol. The van der Waals surface area contributed by atoms with Gasteiger partial charge in [-0.1, -0.05) is 6.07 Å². The van der Waals surface area contributed by atoms with E-state index in [2.05, 4.69) is 27.5 Å². The van der Waals surface area contributed by atoms with E-state index in [-0.39, 0.29) is 5.91 Å². The number of nitrogens with zero attached hydrogens (tertiary/aromatic N) is 3.